The monoisotopic (exact) mass is 448 g/mol. The largest absolute Gasteiger partial charge is 0.488 e. The molecule has 0 aliphatic heterocycles. The number of para-hydroxylation sites is 1. The van der Waals surface area contributed by atoms with Gasteiger partial charge in [-0.3, -0.25) is 0 Å². The molecule has 0 aliphatic carbocycles. The van der Waals surface area contributed by atoms with Crippen molar-refractivity contribution in [3.8, 4) is 16.9 Å². The van der Waals surface area contributed by atoms with Gasteiger partial charge in [-0.2, -0.15) is 11.8 Å². The molecule has 3 rings (SSSR count). The van der Waals surface area contributed by atoms with Crippen LogP contribution in [0.25, 0.3) is 11.1 Å². The minimum atomic E-state index is -0.509. The number of benzene rings is 3. The highest BCUT2D eigenvalue weighted by molar-refractivity contribution is 7.97. The molecular weight excluding hydrogens is 416 g/mol. The number of rotatable bonds is 8. The van der Waals surface area contributed by atoms with Crippen molar-refractivity contribution in [3.05, 3.63) is 89.0 Å². The van der Waals surface area contributed by atoms with Gasteiger partial charge in [-0.1, -0.05) is 61.5 Å². The lowest BCUT2D eigenvalue weighted by atomic mass is 9.96. The summed E-state index contributed by atoms with van der Waals surface area (Å²) in [7, 11) is 0. The summed E-state index contributed by atoms with van der Waals surface area (Å²) in [6, 6.07) is 22.3. The summed E-state index contributed by atoms with van der Waals surface area (Å²) in [6.07, 6.45) is 3.07. The lowest BCUT2D eigenvalue weighted by Gasteiger charge is -2.19. The van der Waals surface area contributed by atoms with Gasteiger partial charge in [-0.05, 0) is 62.3 Å². The lowest BCUT2D eigenvalue weighted by Crippen LogP contribution is -2.23. The van der Waals surface area contributed by atoms with E-state index in [4.69, 9.17) is 9.47 Å². The van der Waals surface area contributed by atoms with E-state index in [0.29, 0.717) is 12.2 Å². The first kappa shape index (κ1) is 23.9. The number of hydrogen-bond acceptors (Lipinski definition) is 4. The molecule has 4 heteroatoms. The summed E-state index contributed by atoms with van der Waals surface area (Å²) in [6.45, 7) is 8.22. The van der Waals surface area contributed by atoms with Gasteiger partial charge in [0.2, 0.25) is 0 Å². The first-order valence-electron chi connectivity index (χ1n) is 11.0. The fraction of sp³-hybridized carbons (Fsp3) is 0.321. The smallest absolute Gasteiger partial charge is 0.338 e. The van der Waals surface area contributed by atoms with Gasteiger partial charge < -0.3 is 9.47 Å². The van der Waals surface area contributed by atoms with Crippen molar-refractivity contribution in [2.75, 3.05) is 6.26 Å². The molecule has 168 valence electrons. The summed E-state index contributed by atoms with van der Waals surface area (Å²) < 4.78 is 11.9. The Hall–Kier alpha value is -2.72. The fourth-order valence-corrected chi connectivity index (χ4v) is 4.10. The summed E-state index contributed by atoms with van der Waals surface area (Å²) in [5.74, 6) is 1.50. The van der Waals surface area contributed by atoms with E-state index in [1.54, 1.807) is 23.9 Å². The summed E-state index contributed by atoms with van der Waals surface area (Å²) in [5, 5.41) is 0. The molecule has 0 N–H and O–H groups in total. The van der Waals surface area contributed by atoms with Gasteiger partial charge >= 0.3 is 5.97 Å². The van der Waals surface area contributed by atoms with Crippen LogP contribution < -0.4 is 4.74 Å². The molecule has 3 aromatic carbocycles. The van der Waals surface area contributed by atoms with Crippen LogP contribution >= 0.6 is 11.8 Å². The normalized spacial score (nSPS) is 11.3. The van der Waals surface area contributed by atoms with E-state index < -0.39 is 5.60 Å². The Labute approximate surface area is 196 Å². The van der Waals surface area contributed by atoms with Crippen LogP contribution in [0.15, 0.2) is 66.7 Å². The Kier molecular flexibility index (Phi) is 8.03. The molecule has 0 fully saturated rings. The SMILES string of the molecule is CCc1ccccc1-c1cccc(CSC)c1OCc1ccc(C(=O)OC(C)(C)C)cc1. The molecule has 0 aromatic heterocycles. The average Bonchev–Trinajstić information content (AvgIpc) is 2.77. The molecule has 0 bridgehead atoms. The average molecular weight is 449 g/mol. The molecule has 0 amide bonds. The number of carbonyl (C=O) groups is 1. The van der Waals surface area contributed by atoms with Gasteiger partial charge in [-0.15, -0.1) is 0 Å². The van der Waals surface area contributed by atoms with Crippen LogP contribution in [0.4, 0.5) is 0 Å². The molecule has 0 saturated carbocycles. The predicted molar refractivity (Wildman–Crippen MR) is 134 cm³/mol. The molecule has 3 nitrogen and oxygen atoms in total. The molecule has 0 heterocycles. The quantitative estimate of drug-likeness (QED) is 0.338. The minimum Gasteiger partial charge on any atom is -0.488 e. The summed E-state index contributed by atoms with van der Waals surface area (Å²) in [5.41, 5.74) is 5.87. The van der Waals surface area contributed by atoms with Crippen LogP contribution in [0.3, 0.4) is 0 Å². The van der Waals surface area contributed by atoms with Crippen molar-refractivity contribution < 1.29 is 14.3 Å². The summed E-state index contributed by atoms with van der Waals surface area (Å²) >= 11 is 1.78. The maximum Gasteiger partial charge on any atom is 0.338 e. The first-order valence-corrected chi connectivity index (χ1v) is 12.4. The Bertz CT molecular complexity index is 1050. The Morgan fingerprint density at radius 2 is 1.53 bits per heavy atom. The molecule has 3 aromatic rings. The molecule has 0 atom stereocenters. The molecule has 32 heavy (non-hydrogen) atoms. The van der Waals surface area contributed by atoms with Crippen LogP contribution in [0.2, 0.25) is 0 Å². The maximum absolute atomic E-state index is 12.3. The van der Waals surface area contributed by atoms with Gasteiger partial charge in [0.05, 0.1) is 5.56 Å². The van der Waals surface area contributed by atoms with Crippen LogP contribution in [0, 0.1) is 0 Å². The van der Waals surface area contributed by atoms with Crippen molar-refractivity contribution in [1.29, 1.82) is 0 Å². The Morgan fingerprint density at radius 3 is 2.19 bits per heavy atom. The van der Waals surface area contributed by atoms with E-state index in [2.05, 4.69) is 55.6 Å². The van der Waals surface area contributed by atoms with E-state index in [9.17, 15) is 4.79 Å². The second kappa shape index (κ2) is 10.7. The standard InChI is InChI=1S/C28H32O3S/c1-6-21-10-7-8-12-24(21)25-13-9-11-23(19-32-5)26(25)30-18-20-14-16-22(17-15-20)27(29)31-28(2,3)4/h7-17H,6,18-19H2,1-5H3. The second-order valence-electron chi connectivity index (χ2n) is 8.73. The number of thioether (sulfide) groups is 1. The van der Waals surface area contributed by atoms with E-state index in [1.807, 2.05) is 32.9 Å². The maximum atomic E-state index is 12.3. The predicted octanol–water partition coefficient (Wildman–Crippen LogP) is 7.31. The number of hydrogen-bond donors (Lipinski definition) is 0. The van der Waals surface area contributed by atoms with Crippen molar-refractivity contribution >= 4 is 17.7 Å². The van der Waals surface area contributed by atoms with Gasteiger partial charge in [0.25, 0.3) is 0 Å². The number of aryl methyl sites for hydroxylation is 1. The third-order valence-electron chi connectivity index (χ3n) is 5.06. The number of esters is 1. The molecule has 0 radical (unpaired) electrons. The minimum absolute atomic E-state index is 0.311. The van der Waals surface area contributed by atoms with Gasteiger partial charge in [-0.25, -0.2) is 4.79 Å². The van der Waals surface area contributed by atoms with E-state index in [1.165, 1.54) is 16.7 Å². The third kappa shape index (κ3) is 6.17. The van der Waals surface area contributed by atoms with Crippen LogP contribution in [0.5, 0.6) is 5.75 Å². The zero-order valence-corrected chi connectivity index (χ0v) is 20.4. The van der Waals surface area contributed by atoms with E-state index >= 15 is 0 Å². The third-order valence-corrected chi connectivity index (χ3v) is 5.66. The zero-order valence-electron chi connectivity index (χ0n) is 19.6. The van der Waals surface area contributed by atoms with Crippen LogP contribution in [-0.4, -0.2) is 17.8 Å². The molecule has 0 unspecified atom stereocenters. The van der Waals surface area contributed by atoms with Crippen LogP contribution in [-0.2, 0) is 23.5 Å². The highest BCUT2D eigenvalue weighted by Gasteiger charge is 2.18. The number of carbonyl (C=O) groups excluding carboxylic acids is 1. The fourth-order valence-electron chi connectivity index (χ4n) is 3.56. The first-order chi connectivity index (χ1) is 15.3. The molecule has 0 aliphatic rings. The molecule has 0 spiro atoms. The van der Waals surface area contributed by atoms with Crippen molar-refractivity contribution in [1.82, 2.24) is 0 Å². The Morgan fingerprint density at radius 1 is 0.875 bits per heavy atom. The van der Waals surface area contributed by atoms with Crippen molar-refractivity contribution in [2.45, 2.75) is 52.1 Å². The number of ether oxygens (including phenoxy) is 2. The topological polar surface area (TPSA) is 35.5 Å². The second-order valence-corrected chi connectivity index (χ2v) is 9.59. The molecular formula is C28H32O3S. The van der Waals surface area contributed by atoms with E-state index in [-0.39, 0.29) is 5.97 Å². The summed E-state index contributed by atoms with van der Waals surface area (Å²) in [4.78, 5) is 12.3. The van der Waals surface area contributed by atoms with E-state index in [0.717, 1.165) is 29.1 Å². The Balaban J connectivity index is 1.85. The van der Waals surface area contributed by atoms with Gasteiger partial charge in [0.15, 0.2) is 0 Å². The molecule has 0 saturated heterocycles. The lowest BCUT2D eigenvalue weighted by molar-refractivity contribution is 0.00695. The van der Waals surface area contributed by atoms with Gasteiger partial charge in [0.1, 0.15) is 18.0 Å². The highest BCUT2D eigenvalue weighted by Crippen LogP contribution is 2.37. The van der Waals surface area contributed by atoms with Crippen molar-refractivity contribution in [3.63, 3.8) is 0 Å². The van der Waals surface area contributed by atoms with Crippen molar-refractivity contribution in [2.24, 2.45) is 0 Å². The van der Waals surface area contributed by atoms with Crippen LogP contribution in [0.1, 0.15) is 54.7 Å². The zero-order chi connectivity index (χ0) is 23.1. The van der Waals surface area contributed by atoms with Gasteiger partial charge in [0, 0.05) is 16.9 Å². The highest BCUT2D eigenvalue weighted by atomic mass is 32.2.